The van der Waals surface area contributed by atoms with E-state index in [0.717, 1.165) is 22.0 Å². The van der Waals surface area contributed by atoms with Crippen LogP contribution in [0.3, 0.4) is 0 Å². The van der Waals surface area contributed by atoms with Crippen LogP contribution in [0, 0.1) is 0 Å². The second-order valence-electron chi connectivity index (χ2n) is 5.58. The molecule has 0 aliphatic rings. The number of benzene rings is 1. The van der Waals surface area contributed by atoms with E-state index in [1.54, 1.807) is 27.6 Å². The maximum absolute atomic E-state index is 12.4. The van der Waals surface area contributed by atoms with Gasteiger partial charge < -0.3 is 9.64 Å². The van der Waals surface area contributed by atoms with Crippen LogP contribution in [0.25, 0.3) is 10.6 Å². The van der Waals surface area contributed by atoms with Gasteiger partial charge in [-0.3, -0.25) is 4.79 Å². The van der Waals surface area contributed by atoms with Gasteiger partial charge in [-0.15, -0.1) is 22.7 Å². The Morgan fingerprint density at radius 1 is 1.20 bits per heavy atom. The van der Waals surface area contributed by atoms with E-state index in [9.17, 15) is 4.79 Å². The normalized spacial score (nSPS) is 10.6. The summed E-state index contributed by atoms with van der Waals surface area (Å²) < 4.78 is 5.67. The van der Waals surface area contributed by atoms with Crippen LogP contribution in [0.15, 0.2) is 47.2 Å². The van der Waals surface area contributed by atoms with Gasteiger partial charge in [0.05, 0.1) is 30.8 Å². The van der Waals surface area contributed by atoms with Gasteiger partial charge in [0, 0.05) is 17.3 Å². The topological polar surface area (TPSA) is 42.4 Å². The van der Waals surface area contributed by atoms with Crippen LogP contribution >= 0.6 is 22.7 Å². The third-order valence-corrected chi connectivity index (χ3v) is 5.49. The number of amides is 1. The molecule has 6 heteroatoms. The number of hydrogen-bond donors (Lipinski definition) is 0. The molecule has 2 heterocycles. The standard InChI is InChI=1S/C19H20N2O2S2/c1-3-23-17-9-5-4-8-16(17)19-20-14(13-25-19)11-18(22)21(2)12-15-7-6-10-24-15/h4-10,13H,3,11-12H2,1-2H3. The van der Waals surface area contributed by atoms with Crippen LogP contribution < -0.4 is 4.74 Å². The summed E-state index contributed by atoms with van der Waals surface area (Å²) in [5.41, 5.74) is 1.77. The van der Waals surface area contributed by atoms with Gasteiger partial charge in [0.1, 0.15) is 10.8 Å². The molecule has 1 aromatic carbocycles. The molecule has 130 valence electrons. The lowest BCUT2D eigenvalue weighted by atomic mass is 10.2. The highest BCUT2D eigenvalue weighted by Crippen LogP contribution is 2.32. The average Bonchev–Trinajstić information content (AvgIpc) is 3.27. The van der Waals surface area contributed by atoms with Gasteiger partial charge in [0.15, 0.2) is 0 Å². The molecule has 3 aromatic rings. The summed E-state index contributed by atoms with van der Waals surface area (Å²) in [5, 5.41) is 4.86. The Morgan fingerprint density at radius 2 is 2.04 bits per heavy atom. The first kappa shape index (κ1) is 17.6. The minimum Gasteiger partial charge on any atom is -0.493 e. The van der Waals surface area contributed by atoms with E-state index in [1.807, 2.05) is 61.1 Å². The smallest absolute Gasteiger partial charge is 0.228 e. The van der Waals surface area contributed by atoms with Crippen molar-refractivity contribution in [3.05, 3.63) is 57.7 Å². The molecule has 0 aliphatic carbocycles. The Kier molecular flexibility index (Phi) is 5.83. The van der Waals surface area contributed by atoms with Crippen LogP contribution in [0.5, 0.6) is 5.75 Å². The van der Waals surface area contributed by atoms with Crippen molar-refractivity contribution in [3.63, 3.8) is 0 Å². The summed E-state index contributed by atoms with van der Waals surface area (Å²) in [6.45, 7) is 3.22. The number of nitrogens with zero attached hydrogens (tertiary/aromatic N) is 2. The highest BCUT2D eigenvalue weighted by Gasteiger charge is 2.15. The van der Waals surface area contributed by atoms with Crippen LogP contribution in [0.1, 0.15) is 17.5 Å². The molecule has 0 saturated carbocycles. The summed E-state index contributed by atoms with van der Waals surface area (Å²) in [6.07, 6.45) is 0.315. The van der Waals surface area contributed by atoms with E-state index >= 15 is 0 Å². The number of rotatable bonds is 7. The molecule has 0 fully saturated rings. The predicted octanol–water partition coefficient (Wildman–Crippen LogP) is 4.47. The van der Waals surface area contributed by atoms with E-state index in [-0.39, 0.29) is 5.91 Å². The molecule has 0 spiro atoms. The van der Waals surface area contributed by atoms with E-state index in [1.165, 1.54) is 4.88 Å². The number of carbonyl (C=O) groups is 1. The number of aromatic nitrogens is 1. The fraction of sp³-hybridized carbons (Fsp3) is 0.263. The third kappa shape index (κ3) is 4.46. The summed E-state index contributed by atoms with van der Waals surface area (Å²) in [5.74, 6) is 0.899. The number of thiophene rings is 1. The monoisotopic (exact) mass is 372 g/mol. The minimum absolute atomic E-state index is 0.0725. The highest BCUT2D eigenvalue weighted by atomic mass is 32.1. The Hall–Kier alpha value is -2.18. The maximum Gasteiger partial charge on any atom is 0.228 e. The number of ether oxygens (including phenoxy) is 1. The molecule has 0 bridgehead atoms. The predicted molar refractivity (Wildman–Crippen MR) is 103 cm³/mol. The molecule has 25 heavy (non-hydrogen) atoms. The van der Waals surface area contributed by atoms with Crippen LogP contribution in [0.4, 0.5) is 0 Å². The number of carbonyl (C=O) groups excluding carboxylic acids is 1. The van der Waals surface area contributed by atoms with Crippen molar-refractivity contribution >= 4 is 28.6 Å². The molecule has 0 unspecified atom stereocenters. The van der Waals surface area contributed by atoms with Crippen molar-refractivity contribution in [2.45, 2.75) is 19.9 Å². The lowest BCUT2D eigenvalue weighted by Crippen LogP contribution is -2.27. The molecule has 0 N–H and O–H groups in total. The van der Waals surface area contributed by atoms with Crippen molar-refractivity contribution in [1.82, 2.24) is 9.88 Å². The quantitative estimate of drug-likeness (QED) is 0.614. The van der Waals surface area contributed by atoms with Crippen LogP contribution in [-0.4, -0.2) is 29.4 Å². The zero-order chi connectivity index (χ0) is 17.6. The number of hydrogen-bond acceptors (Lipinski definition) is 5. The average molecular weight is 373 g/mol. The highest BCUT2D eigenvalue weighted by molar-refractivity contribution is 7.13. The fourth-order valence-electron chi connectivity index (χ4n) is 2.45. The number of thiazole rings is 1. The maximum atomic E-state index is 12.4. The van der Waals surface area contributed by atoms with Crippen molar-refractivity contribution in [1.29, 1.82) is 0 Å². The fourth-order valence-corrected chi connectivity index (χ4v) is 4.06. The van der Waals surface area contributed by atoms with Crippen molar-refractivity contribution in [2.24, 2.45) is 0 Å². The third-order valence-electron chi connectivity index (χ3n) is 3.70. The number of para-hydroxylation sites is 1. The first-order valence-electron chi connectivity index (χ1n) is 8.10. The zero-order valence-corrected chi connectivity index (χ0v) is 15.9. The lowest BCUT2D eigenvalue weighted by Gasteiger charge is -2.15. The number of likely N-dealkylation sites (N-methyl/N-ethyl adjacent to an activating group) is 1. The van der Waals surface area contributed by atoms with E-state index in [0.29, 0.717) is 19.6 Å². The molecule has 3 rings (SSSR count). The SMILES string of the molecule is CCOc1ccccc1-c1nc(CC(=O)N(C)Cc2cccs2)cs1. The van der Waals surface area contributed by atoms with Crippen LogP contribution in [0.2, 0.25) is 0 Å². The van der Waals surface area contributed by atoms with Gasteiger partial charge in [-0.25, -0.2) is 4.98 Å². The lowest BCUT2D eigenvalue weighted by molar-refractivity contribution is -0.129. The van der Waals surface area contributed by atoms with E-state index in [4.69, 9.17) is 4.74 Å². The van der Waals surface area contributed by atoms with Crippen molar-refractivity contribution < 1.29 is 9.53 Å². The summed E-state index contributed by atoms with van der Waals surface area (Å²) >= 11 is 3.20. The van der Waals surface area contributed by atoms with Gasteiger partial charge in [-0.05, 0) is 30.5 Å². The zero-order valence-electron chi connectivity index (χ0n) is 14.3. The second-order valence-corrected chi connectivity index (χ2v) is 7.47. The first-order chi connectivity index (χ1) is 12.2. The molecule has 0 aliphatic heterocycles. The molecule has 1 amide bonds. The molecule has 0 atom stereocenters. The van der Waals surface area contributed by atoms with Gasteiger partial charge >= 0.3 is 0 Å². The molecule has 4 nitrogen and oxygen atoms in total. The van der Waals surface area contributed by atoms with E-state index < -0.39 is 0 Å². The minimum atomic E-state index is 0.0725. The van der Waals surface area contributed by atoms with Crippen LogP contribution in [-0.2, 0) is 17.8 Å². The Bertz CT molecular complexity index is 828. The van der Waals surface area contributed by atoms with Crippen molar-refractivity contribution in [3.8, 4) is 16.3 Å². The Labute approximate surface area is 155 Å². The van der Waals surface area contributed by atoms with Gasteiger partial charge in [0.2, 0.25) is 5.91 Å². The van der Waals surface area contributed by atoms with Gasteiger partial charge in [-0.1, -0.05) is 18.2 Å². The molecular weight excluding hydrogens is 352 g/mol. The molecule has 2 aromatic heterocycles. The van der Waals surface area contributed by atoms with Gasteiger partial charge in [-0.2, -0.15) is 0 Å². The largest absolute Gasteiger partial charge is 0.493 e. The molecule has 0 radical (unpaired) electrons. The molecule has 0 saturated heterocycles. The Morgan fingerprint density at radius 3 is 2.80 bits per heavy atom. The summed E-state index contributed by atoms with van der Waals surface area (Å²) in [7, 11) is 1.83. The van der Waals surface area contributed by atoms with Gasteiger partial charge in [0.25, 0.3) is 0 Å². The second kappa shape index (κ2) is 8.27. The summed E-state index contributed by atoms with van der Waals surface area (Å²) in [4.78, 5) is 20.0. The van der Waals surface area contributed by atoms with E-state index in [2.05, 4.69) is 4.98 Å². The molecular formula is C19H20N2O2S2. The Balaban J connectivity index is 1.68. The van der Waals surface area contributed by atoms with Crippen molar-refractivity contribution in [2.75, 3.05) is 13.7 Å². The first-order valence-corrected chi connectivity index (χ1v) is 9.86. The summed E-state index contributed by atoms with van der Waals surface area (Å²) in [6, 6.07) is 11.9.